The smallest absolute Gasteiger partial charge is 0.280 e. The Morgan fingerprint density at radius 3 is 2.54 bits per heavy atom. The van der Waals surface area contributed by atoms with Crippen molar-refractivity contribution in [3.8, 4) is 5.69 Å². The van der Waals surface area contributed by atoms with Crippen molar-refractivity contribution in [1.82, 2.24) is 9.78 Å². The number of hydrogen-bond donors (Lipinski definition) is 1. The minimum absolute atomic E-state index is 0.166. The molecule has 4 rings (SSSR count). The first-order chi connectivity index (χ1) is 13.5. The predicted octanol–water partition coefficient (Wildman–Crippen LogP) is 4.09. The highest BCUT2D eigenvalue weighted by molar-refractivity contribution is 6.08. The lowest BCUT2D eigenvalue weighted by atomic mass is 10.1. The van der Waals surface area contributed by atoms with Gasteiger partial charge in [0.25, 0.3) is 5.91 Å². The zero-order chi connectivity index (χ0) is 19.7. The van der Waals surface area contributed by atoms with Gasteiger partial charge < -0.3 is 5.32 Å². The Kier molecular flexibility index (Phi) is 4.45. The SMILES string of the molecule is Cc1cc(=O)c(C(=O)Nc2cccc3ccccc23)nn1-c1ccccc1F. The van der Waals surface area contributed by atoms with Gasteiger partial charge in [-0.1, -0.05) is 48.5 Å². The molecule has 138 valence electrons. The molecule has 0 bridgehead atoms. The quantitative estimate of drug-likeness (QED) is 0.588. The van der Waals surface area contributed by atoms with Gasteiger partial charge in [0.15, 0.2) is 5.69 Å². The second-order valence-corrected chi connectivity index (χ2v) is 6.34. The summed E-state index contributed by atoms with van der Waals surface area (Å²) in [6.07, 6.45) is 0. The van der Waals surface area contributed by atoms with Gasteiger partial charge in [-0.15, -0.1) is 0 Å². The molecule has 6 heteroatoms. The monoisotopic (exact) mass is 373 g/mol. The fourth-order valence-electron chi connectivity index (χ4n) is 3.09. The van der Waals surface area contributed by atoms with Crippen molar-refractivity contribution in [2.75, 3.05) is 5.32 Å². The van der Waals surface area contributed by atoms with Crippen LogP contribution in [0.1, 0.15) is 16.2 Å². The van der Waals surface area contributed by atoms with Crippen molar-refractivity contribution in [3.63, 3.8) is 0 Å². The van der Waals surface area contributed by atoms with E-state index in [1.807, 2.05) is 36.4 Å². The molecule has 0 radical (unpaired) electrons. The fraction of sp³-hybridized carbons (Fsp3) is 0.0455. The van der Waals surface area contributed by atoms with Crippen LogP contribution in [0.25, 0.3) is 16.5 Å². The standard InChI is InChI=1S/C22H16FN3O2/c1-14-13-20(27)21(25-26(14)19-12-5-4-10-17(19)23)22(28)24-18-11-6-8-15-7-2-3-9-16(15)18/h2-13H,1H3,(H,24,28). The van der Waals surface area contributed by atoms with Gasteiger partial charge in [0.1, 0.15) is 11.5 Å². The molecule has 4 aromatic rings. The molecule has 1 N–H and O–H groups in total. The number of hydrogen-bond acceptors (Lipinski definition) is 3. The molecule has 0 unspecified atom stereocenters. The number of para-hydroxylation sites is 1. The van der Waals surface area contributed by atoms with Crippen LogP contribution < -0.4 is 10.7 Å². The van der Waals surface area contributed by atoms with Gasteiger partial charge in [0.2, 0.25) is 5.43 Å². The minimum atomic E-state index is -0.647. The summed E-state index contributed by atoms with van der Waals surface area (Å²) in [6.45, 7) is 1.63. The average molecular weight is 373 g/mol. The highest BCUT2D eigenvalue weighted by Crippen LogP contribution is 2.23. The Morgan fingerprint density at radius 2 is 1.71 bits per heavy atom. The zero-order valence-electron chi connectivity index (χ0n) is 15.0. The third-order valence-corrected chi connectivity index (χ3v) is 4.44. The van der Waals surface area contributed by atoms with Crippen LogP contribution in [0.5, 0.6) is 0 Å². The number of rotatable bonds is 3. The molecule has 1 heterocycles. The fourth-order valence-corrected chi connectivity index (χ4v) is 3.09. The van der Waals surface area contributed by atoms with Crippen molar-refractivity contribution >= 4 is 22.4 Å². The van der Waals surface area contributed by atoms with Crippen LogP contribution in [0.4, 0.5) is 10.1 Å². The largest absolute Gasteiger partial charge is 0.320 e. The first kappa shape index (κ1) is 17.6. The Balaban J connectivity index is 1.77. The number of amides is 1. The predicted molar refractivity (Wildman–Crippen MR) is 106 cm³/mol. The van der Waals surface area contributed by atoms with Crippen LogP contribution in [0.15, 0.2) is 77.6 Å². The Labute approximate surface area is 160 Å². The summed E-state index contributed by atoms with van der Waals surface area (Å²) in [5.41, 5.74) is 0.336. The van der Waals surface area contributed by atoms with Crippen molar-refractivity contribution in [1.29, 1.82) is 0 Å². The van der Waals surface area contributed by atoms with E-state index in [9.17, 15) is 14.0 Å². The van der Waals surface area contributed by atoms with Crippen LogP contribution in [-0.4, -0.2) is 15.7 Å². The maximum Gasteiger partial charge on any atom is 0.280 e. The number of aromatic nitrogens is 2. The van der Waals surface area contributed by atoms with Gasteiger partial charge in [-0.3, -0.25) is 9.59 Å². The van der Waals surface area contributed by atoms with Crippen LogP contribution in [0.2, 0.25) is 0 Å². The van der Waals surface area contributed by atoms with Gasteiger partial charge in [-0.25, -0.2) is 9.07 Å². The van der Waals surface area contributed by atoms with E-state index in [0.29, 0.717) is 11.4 Å². The summed E-state index contributed by atoms with van der Waals surface area (Å²) in [6, 6.07) is 20.4. The maximum absolute atomic E-state index is 14.2. The van der Waals surface area contributed by atoms with E-state index in [1.165, 1.54) is 22.9 Å². The first-order valence-corrected chi connectivity index (χ1v) is 8.69. The summed E-state index contributed by atoms with van der Waals surface area (Å²) in [4.78, 5) is 25.2. The second kappa shape index (κ2) is 7.08. The van der Waals surface area contributed by atoms with E-state index >= 15 is 0 Å². The van der Waals surface area contributed by atoms with Gasteiger partial charge in [-0.2, -0.15) is 5.10 Å². The molecule has 28 heavy (non-hydrogen) atoms. The van der Waals surface area contributed by atoms with Crippen LogP contribution in [-0.2, 0) is 0 Å². The third kappa shape index (κ3) is 3.16. The Bertz CT molecular complexity index is 1260. The van der Waals surface area contributed by atoms with Crippen molar-refractivity contribution in [2.24, 2.45) is 0 Å². The molecule has 0 spiro atoms. The summed E-state index contributed by atoms with van der Waals surface area (Å²) < 4.78 is 15.4. The molecular formula is C22H16FN3O2. The normalized spacial score (nSPS) is 10.8. The lowest BCUT2D eigenvalue weighted by Gasteiger charge is -2.12. The molecule has 0 aliphatic carbocycles. The molecule has 3 aromatic carbocycles. The minimum Gasteiger partial charge on any atom is -0.320 e. The van der Waals surface area contributed by atoms with E-state index < -0.39 is 17.2 Å². The molecule has 0 saturated heterocycles. The van der Waals surface area contributed by atoms with E-state index in [0.717, 1.165) is 10.8 Å². The topological polar surface area (TPSA) is 64.0 Å². The van der Waals surface area contributed by atoms with Gasteiger partial charge in [0, 0.05) is 22.8 Å². The molecular weight excluding hydrogens is 357 g/mol. The van der Waals surface area contributed by atoms with Crippen LogP contribution in [0, 0.1) is 12.7 Å². The van der Waals surface area contributed by atoms with Gasteiger partial charge >= 0.3 is 0 Å². The number of aryl methyl sites for hydroxylation is 1. The maximum atomic E-state index is 14.2. The Morgan fingerprint density at radius 1 is 1.00 bits per heavy atom. The van der Waals surface area contributed by atoms with Crippen LogP contribution in [0.3, 0.4) is 0 Å². The number of benzene rings is 3. The molecule has 1 amide bonds. The number of fused-ring (bicyclic) bond motifs is 1. The number of carbonyl (C=O) groups is 1. The Hall–Kier alpha value is -3.80. The number of nitrogens with one attached hydrogen (secondary N) is 1. The van der Waals surface area contributed by atoms with E-state index in [-0.39, 0.29) is 11.4 Å². The van der Waals surface area contributed by atoms with E-state index in [1.54, 1.807) is 25.1 Å². The summed E-state index contributed by atoms with van der Waals surface area (Å²) >= 11 is 0. The van der Waals surface area contributed by atoms with Gasteiger partial charge in [0.05, 0.1) is 0 Å². The lowest BCUT2D eigenvalue weighted by molar-refractivity contribution is 0.101. The number of anilines is 1. The van der Waals surface area contributed by atoms with Crippen molar-refractivity contribution in [2.45, 2.75) is 6.92 Å². The highest BCUT2D eigenvalue weighted by Gasteiger charge is 2.17. The molecule has 1 aromatic heterocycles. The van der Waals surface area contributed by atoms with E-state index in [2.05, 4.69) is 10.4 Å². The number of nitrogens with zero attached hydrogens (tertiary/aromatic N) is 2. The van der Waals surface area contributed by atoms with E-state index in [4.69, 9.17) is 0 Å². The van der Waals surface area contributed by atoms with Crippen molar-refractivity contribution < 1.29 is 9.18 Å². The molecule has 5 nitrogen and oxygen atoms in total. The molecule has 0 atom stereocenters. The summed E-state index contributed by atoms with van der Waals surface area (Å²) in [5, 5.41) is 8.68. The molecule has 0 aliphatic heterocycles. The zero-order valence-corrected chi connectivity index (χ0v) is 15.0. The average Bonchev–Trinajstić information content (AvgIpc) is 2.69. The lowest BCUT2D eigenvalue weighted by Crippen LogP contribution is -2.27. The third-order valence-electron chi connectivity index (χ3n) is 4.44. The molecule has 0 saturated carbocycles. The number of halogens is 1. The van der Waals surface area contributed by atoms with Crippen molar-refractivity contribution in [3.05, 3.63) is 100 Å². The summed E-state index contributed by atoms with van der Waals surface area (Å²) in [5.74, 6) is -1.14. The van der Waals surface area contributed by atoms with Crippen LogP contribution >= 0.6 is 0 Å². The molecule has 0 fully saturated rings. The highest BCUT2D eigenvalue weighted by atomic mass is 19.1. The van der Waals surface area contributed by atoms with Gasteiger partial charge in [-0.05, 0) is 30.5 Å². The first-order valence-electron chi connectivity index (χ1n) is 8.69. The second-order valence-electron chi connectivity index (χ2n) is 6.34. The number of carbonyl (C=O) groups excluding carboxylic acids is 1. The molecule has 0 aliphatic rings. The summed E-state index contributed by atoms with van der Waals surface area (Å²) in [7, 11) is 0.